The molecule has 5 nitrogen and oxygen atoms in total. The van der Waals surface area contributed by atoms with Gasteiger partial charge in [0.05, 0.1) is 20.8 Å². The first-order valence-corrected chi connectivity index (χ1v) is 8.53. The number of rotatable bonds is 8. The highest BCUT2D eigenvalue weighted by Gasteiger charge is 2.04. The standard InChI is InChI=1S/C20H27N3O2/c1-4-21-20(22-13-12-16-8-6-5-7-9-16)23-15-17-10-11-18(24-2)19(14-17)25-3/h5-11,14H,4,12-13,15H2,1-3H3,(H2,21,22,23). The number of methoxy groups -OCH3 is 2. The van der Waals surface area contributed by atoms with Gasteiger partial charge in [0.15, 0.2) is 17.5 Å². The van der Waals surface area contributed by atoms with Crippen molar-refractivity contribution in [1.82, 2.24) is 10.6 Å². The molecule has 2 N–H and O–H groups in total. The minimum atomic E-state index is 0.570. The molecule has 0 saturated carbocycles. The van der Waals surface area contributed by atoms with Crippen LogP contribution in [0.5, 0.6) is 11.5 Å². The van der Waals surface area contributed by atoms with Crippen molar-refractivity contribution < 1.29 is 9.47 Å². The lowest BCUT2D eigenvalue weighted by Gasteiger charge is -2.12. The lowest BCUT2D eigenvalue weighted by molar-refractivity contribution is 0.354. The van der Waals surface area contributed by atoms with Crippen molar-refractivity contribution in [2.75, 3.05) is 27.3 Å². The largest absolute Gasteiger partial charge is 0.493 e. The van der Waals surface area contributed by atoms with Crippen molar-refractivity contribution in [3.8, 4) is 11.5 Å². The van der Waals surface area contributed by atoms with Gasteiger partial charge in [-0.1, -0.05) is 36.4 Å². The number of guanidine groups is 1. The van der Waals surface area contributed by atoms with E-state index in [0.29, 0.717) is 6.54 Å². The Morgan fingerprint density at radius 2 is 1.68 bits per heavy atom. The van der Waals surface area contributed by atoms with Crippen LogP contribution in [-0.2, 0) is 13.0 Å². The molecule has 2 aromatic carbocycles. The van der Waals surface area contributed by atoms with Gasteiger partial charge in [-0.25, -0.2) is 4.99 Å². The lowest BCUT2D eigenvalue weighted by Crippen LogP contribution is -2.38. The van der Waals surface area contributed by atoms with Crippen LogP contribution in [0.25, 0.3) is 0 Å². The Hall–Kier alpha value is -2.69. The second-order valence-corrected chi connectivity index (χ2v) is 5.55. The van der Waals surface area contributed by atoms with E-state index in [4.69, 9.17) is 9.47 Å². The lowest BCUT2D eigenvalue weighted by atomic mass is 10.1. The summed E-state index contributed by atoms with van der Waals surface area (Å²) >= 11 is 0. The van der Waals surface area contributed by atoms with E-state index in [1.807, 2.05) is 24.3 Å². The number of hydrogen-bond donors (Lipinski definition) is 2. The summed E-state index contributed by atoms with van der Waals surface area (Å²) in [5.74, 6) is 2.26. The Morgan fingerprint density at radius 1 is 0.920 bits per heavy atom. The average molecular weight is 341 g/mol. The van der Waals surface area contributed by atoms with Gasteiger partial charge in [-0.3, -0.25) is 0 Å². The van der Waals surface area contributed by atoms with E-state index in [-0.39, 0.29) is 0 Å². The zero-order valence-corrected chi connectivity index (χ0v) is 15.2. The molecule has 0 bridgehead atoms. The minimum absolute atomic E-state index is 0.570. The van der Waals surface area contributed by atoms with Crippen LogP contribution in [0.1, 0.15) is 18.1 Å². The smallest absolute Gasteiger partial charge is 0.191 e. The van der Waals surface area contributed by atoms with E-state index in [1.165, 1.54) is 5.56 Å². The summed E-state index contributed by atoms with van der Waals surface area (Å²) in [7, 11) is 3.27. The van der Waals surface area contributed by atoms with E-state index < -0.39 is 0 Å². The molecule has 5 heteroatoms. The fraction of sp³-hybridized carbons (Fsp3) is 0.350. The third-order valence-corrected chi connectivity index (χ3v) is 3.76. The van der Waals surface area contributed by atoms with Gasteiger partial charge in [0, 0.05) is 13.1 Å². The quantitative estimate of drug-likeness (QED) is 0.572. The molecule has 0 saturated heterocycles. The molecule has 0 aliphatic carbocycles. The molecule has 25 heavy (non-hydrogen) atoms. The number of ether oxygens (including phenoxy) is 2. The molecule has 0 amide bonds. The summed E-state index contributed by atoms with van der Waals surface area (Å²) in [6, 6.07) is 16.3. The normalized spacial score (nSPS) is 11.1. The molecule has 0 fully saturated rings. The van der Waals surface area contributed by atoms with Gasteiger partial charge in [-0.05, 0) is 36.6 Å². The summed E-state index contributed by atoms with van der Waals surface area (Å²) in [4.78, 5) is 4.64. The average Bonchev–Trinajstić information content (AvgIpc) is 2.66. The fourth-order valence-corrected chi connectivity index (χ4v) is 2.46. The Balaban J connectivity index is 1.94. The fourth-order valence-electron chi connectivity index (χ4n) is 2.46. The third kappa shape index (κ3) is 6.03. The van der Waals surface area contributed by atoms with Gasteiger partial charge in [-0.15, -0.1) is 0 Å². The molecule has 2 rings (SSSR count). The molecule has 0 radical (unpaired) electrons. The van der Waals surface area contributed by atoms with Crippen molar-refractivity contribution in [2.45, 2.75) is 19.9 Å². The van der Waals surface area contributed by atoms with Crippen molar-refractivity contribution in [1.29, 1.82) is 0 Å². The van der Waals surface area contributed by atoms with Crippen molar-refractivity contribution in [3.05, 3.63) is 59.7 Å². The maximum Gasteiger partial charge on any atom is 0.191 e. The first-order chi connectivity index (χ1) is 12.3. The Labute approximate surface area is 150 Å². The van der Waals surface area contributed by atoms with Crippen LogP contribution in [0.15, 0.2) is 53.5 Å². The maximum atomic E-state index is 5.34. The van der Waals surface area contributed by atoms with Crippen LogP contribution >= 0.6 is 0 Å². The van der Waals surface area contributed by atoms with E-state index in [0.717, 1.165) is 42.5 Å². The van der Waals surface area contributed by atoms with Gasteiger partial charge in [0.1, 0.15) is 0 Å². The van der Waals surface area contributed by atoms with Gasteiger partial charge in [0.25, 0.3) is 0 Å². The number of benzene rings is 2. The van der Waals surface area contributed by atoms with Gasteiger partial charge >= 0.3 is 0 Å². The van der Waals surface area contributed by atoms with Crippen LogP contribution in [0.3, 0.4) is 0 Å². The second kappa shape index (κ2) is 10.2. The Morgan fingerprint density at radius 3 is 2.36 bits per heavy atom. The molecule has 2 aromatic rings. The minimum Gasteiger partial charge on any atom is -0.493 e. The summed E-state index contributed by atoms with van der Waals surface area (Å²) in [6.45, 7) is 4.29. The van der Waals surface area contributed by atoms with Gasteiger partial charge in [0.2, 0.25) is 0 Å². The predicted octanol–water partition coefficient (Wildman–Crippen LogP) is 3.00. The number of nitrogens with one attached hydrogen (secondary N) is 2. The van der Waals surface area contributed by atoms with E-state index in [1.54, 1.807) is 14.2 Å². The zero-order chi connectivity index (χ0) is 17.9. The summed E-state index contributed by atoms with van der Waals surface area (Å²) < 4.78 is 10.6. The highest BCUT2D eigenvalue weighted by molar-refractivity contribution is 5.79. The Kier molecular flexibility index (Phi) is 7.63. The SMILES string of the molecule is CCNC(=NCc1ccc(OC)c(OC)c1)NCCc1ccccc1. The molecule has 134 valence electrons. The highest BCUT2D eigenvalue weighted by atomic mass is 16.5. The molecule has 0 aliphatic heterocycles. The second-order valence-electron chi connectivity index (χ2n) is 5.55. The van der Waals surface area contributed by atoms with Gasteiger partial charge < -0.3 is 20.1 Å². The molecule has 0 aromatic heterocycles. The number of hydrogen-bond acceptors (Lipinski definition) is 3. The summed E-state index contributed by atoms with van der Waals surface area (Å²) in [5, 5.41) is 6.65. The van der Waals surface area contributed by atoms with Crippen LogP contribution in [0.4, 0.5) is 0 Å². The van der Waals surface area contributed by atoms with Crippen molar-refractivity contribution in [3.63, 3.8) is 0 Å². The Bertz CT molecular complexity index is 672. The van der Waals surface area contributed by atoms with Gasteiger partial charge in [-0.2, -0.15) is 0 Å². The molecule has 0 spiro atoms. The highest BCUT2D eigenvalue weighted by Crippen LogP contribution is 2.27. The van der Waals surface area contributed by atoms with Crippen LogP contribution in [0.2, 0.25) is 0 Å². The number of aliphatic imine (C=N–C) groups is 1. The number of nitrogens with zero attached hydrogens (tertiary/aromatic N) is 1. The van der Waals surface area contributed by atoms with Crippen LogP contribution in [-0.4, -0.2) is 33.3 Å². The van der Waals surface area contributed by atoms with Crippen LogP contribution < -0.4 is 20.1 Å². The predicted molar refractivity (Wildman–Crippen MR) is 103 cm³/mol. The third-order valence-electron chi connectivity index (χ3n) is 3.76. The monoisotopic (exact) mass is 341 g/mol. The van der Waals surface area contributed by atoms with E-state index in [2.05, 4.69) is 46.8 Å². The van der Waals surface area contributed by atoms with Crippen LogP contribution in [0, 0.1) is 0 Å². The molecular formula is C20H27N3O2. The van der Waals surface area contributed by atoms with Crippen molar-refractivity contribution in [2.24, 2.45) is 4.99 Å². The molecule has 0 heterocycles. The zero-order valence-electron chi connectivity index (χ0n) is 15.2. The molecule has 0 atom stereocenters. The van der Waals surface area contributed by atoms with Crippen molar-refractivity contribution >= 4 is 5.96 Å². The molecular weight excluding hydrogens is 314 g/mol. The first kappa shape index (κ1) is 18.6. The first-order valence-electron chi connectivity index (χ1n) is 8.53. The van der Waals surface area contributed by atoms with E-state index >= 15 is 0 Å². The summed E-state index contributed by atoms with van der Waals surface area (Å²) in [6.07, 6.45) is 0.960. The van der Waals surface area contributed by atoms with E-state index in [9.17, 15) is 0 Å². The molecule has 0 unspecified atom stereocenters. The summed E-state index contributed by atoms with van der Waals surface area (Å²) in [5.41, 5.74) is 2.38. The molecule has 0 aliphatic rings. The topological polar surface area (TPSA) is 54.9 Å². The maximum absolute atomic E-state index is 5.34.